The van der Waals surface area contributed by atoms with Crippen LogP contribution < -0.4 is 30.9 Å². The van der Waals surface area contributed by atoms with E-state index in [2.05, 4.69) is 247 Å². The van der Waals surface area contributed by atoms with Crippen LogP contribution in [0, 0.1) is 70.0 Å². The number of amides is 2. The molecule has 20 rings (SSSR count). The molecule has 12 nitrogen and oxygen atoms in total. The lowest BCUT2D eigenvalue weighted by Gasteiger charge is -2.57. The minimum Gasteiger partial charge on any atom is -0.508 e. The van der Waals surface area contributed by atoms with Crippen molar-refractivity contribution in [2.75, 3.05) is 71.7 Å². The molecule has 702 valence electrons. The van der Waals surface area contributed by atoms with E-state index in [0.29, 0.717) is 40.3 Å². The predicted molar refractivity (Wildman–Crippen MR) is 555 cm³/mol. The number of nitrogens with one attached hydrogen (secondary N) is 4. The van der Waals surface area contributed by atoms with Crippen molar-refractivity contribution in [1.29, 1.82) is 0 Å². The van der Waals surface area contributed by atoms with Crippen molar-refractivity contribution < 1.29 is 19.4 Å². The van der Waals surface area contributed by atoms with E-state index >= 15 is 0 Å². The lowest BCUT2D eigenvalue weighted by Crippen LogP contribution is -2.50. The van der Waals surface area contributed by atoms with Gasteiger partial charge < -0.3 is 50.0 Å². The number of carbonyl (C=O) groups excluding carboxylic acids is 2. The first-order chi connectivity index (χ1) is 63.0. The Balaban J connectivity index is 0.000000135. The Morgan fingerprint density at radius 3 is 1.30 bits per heavy atom. The number of aryl methyl sites for hydroxylation is 2. The van der Waals surface area contributed by atoms with E-state index in [0.717, 1.165) is 128 Å². The molecular weight excluding hydrogens is 1610 g/mol. The lowest BCUT2D eigenvalue weighted by atomic mass is 9.49. The van der Waals surface area contributed by atoms with Crippen molar-refractivity contribution in [1.82, 2.24) is 30.0 Å². The first-order valence-electron chi connectivity index (χ1n) is 50.7. The summed E-state index contributed by atoms with van der Waals surface area (Å²) in [6, 6.07) is 63.1. The van der Waals surface area contributed by atoms with Crippen LogP contribution in [-0.2, 0) is 39.0 Å². The van der Waals surface area contributed by atoms with E-state index in [4.69, 9.17) is 4.74 Å². The fourth-order valence-corrected chi connectivity index (χ4v) is 23.4. The Labute approximate surface area is 789 Å². The highest BCUT2D eigenvalue weighted by Crippen LogP contribution is 2.61. The normalized spacial score (nSPS) is 20.5. The smallest absolute Gasteiger partial charge is 0.251 e. The molecule has 12 heteroatoms. The van der Waals surface area contributed by atoms with Crippen molar-refractivity contribution in [2.24, 2.45) is 70.0 Å². The molecule has 8 aromatic carbocycles. The molecule has 8 saturated carbocycles. The summed E-state index contributed by atoms with van der Waals surface area (Å²) in [5.41, 5.74) is 25.0. The molecule has 0 aliphatic heterocycles. The van der Waals surface area contributed by atoms with Crippen molar-refractivity contribution >= 4 is 57.1 Å². The van der Waals surface area contributed by atoms with Gasteiger partial charge in [0, 0.05) is 119 Å². The highest BCUT2D eigenvalue weighted by Gasteiger charge is 2.52. The summed E-state index contributed by atoms with van der Waals surface area (Å²) >= 11 is 0. The third-order valence-corrected chi connectivity index (χ3v) is 30.0. The van der Waals surface area contributed by atoms with Gasteiger partial charge in [0.1, 0.15) is 11.5 Å². The van der Waals surface area contributed by atoms with Crippen LogP contribution in [0.1, 0.15) is 300 Å². The monoisotopic (exact) mass is 1770 g/mol. The molecule has 2 aromatic heterocycles. The van der Waals surface area contributed by atoms with Gasteiger partial charge in [0.05, 0.1) is 7.11 Å². The molecule has 0 atom stereocenters. The second-order valence-electron chi connectivity index (χ2n) is 43.3. The quantitative estimate of drug-likeness (QED) is 0.0272. The largest absolute Gasteiger partial charge is 0.508 e. The number of hydrogen-bond acceptors (Lipinski definition) is 8. The summed E-state index contributed by atoms with van der Waals surface area (Å²) in [4.78, 5) is 28.4. The maximum atomic E-state index is 11.9. The summed E-state index contributed by atoms with van der Waals surface area (Å²) in [6.45, 7) is 35.1. The zero-order chi connectivity index (χ0) is 92.9. The Hall–Kier alpha value is -9.62. The van der Waals surface area contributed by atoms with Crippen molar-refractivity contribution in [3.05, 3.63) is 272 Å². The second kappa shape index (κ2) is 46.8. The zero-order valence-electron chi connectivity index (χ0n) is 83.2. The van der Waals surface area contributed by atoms with Gasteiger partial charge in [0.25, 0.3) is 11.8 Å². The number of ether oxygens (including phenoxy) is 1. The van der Waals surface area contributed by atoms with Crippen LogP contribution in [0.5, 0.6) is 11.5 Å². The number of anilines is 2. The first kappa shape index (κ1) is 98.9. The molecule has 0 radical (unpaired) electrons. The molecule has 0 unspecified atom stereocenters. The van der Waals surface area contributed by atoms with E-state index in [1.165, 1.54) is 169 Å². The topological polar surface area (TPSA) is 128 Å². The summed E-state index contributed by atoms with van der Waals surface area (Å²) in [6.07, 6.45) is 39.5. The van der Waals surface area contributed by atoms with Crippen LogP contribution in [0.3, 0.4) is 0 Å². The molecule has 2 heterocycles. The molecule has 10 aromatic rings. The maximum absolute atomic E-state index is 11.9. The number of phenols is 1. The number of aromatic nitrogens is 2. The van der Waals surface area contributed by atoms with Crippen molar-refractivity contribution in [3.8, 4) is 11.5 Å². The SMILES string of the molecule is CC(C)C1=Cc2ccc(CN(C)CC34CC5CC(CC(C5)C3)C4)cc2CC1.CC(C)C1=Cc2ccc(CNCC34CC5CC(CC(C5)C3)C4)cc2CC1.CC(C)CCCCNC(=O)c1ccc(N(C)C)cc1.CC(C)c1ccc2ccn(Cc3ccc(O)cc3)c2c1.CNc1ccc(C(=O)NCCCCC(C)C)cc1.COc1ccc(Cn2ccc3ccc(C(C)C)cc32)cc1. The maximum Gasteiger partial charge on any atom is 0.251 e. The van der Waals surface area contributed by atoms with E-state index in [1.54, 1.807) is 80.0 Å². The van der Waals surface area contributed by atoms with Crippen LogP contribution in [0.25, 0.3) is 34.0 Å². The number of rotatable bonds is 31. The highest BCUT2D eigenvalue weighted by molar-refractivity contribution is 5.95. The van der Waals surface area contributed by atoms with Gasteiger partial charge in [-0.15, -0.1) is 0 Å². The first-order valence-corrected chi connectivity index (χ1v) is 50.7. The molecular formula is C119H162N8O4. The molecule has 8 fully saturated rings. The minimum atomic E-state index is 0.0159. The van der Waals surface area contributed by atoms with Crippen LogP contribution in [0.4, 0.5) is 11.4 Å². The molecule has 10 aliphatic carbocycles. The number of benzene rings is 8. The lowest BCUT2D eigenvalue weighted by molar-refractivity contribution is -0.0670. The molecule has 2 amide bonds. The molecule has 131 heavy (non-hydrogen) atoms. The Morgan fingerprint density at radius 1 is 0.458 bits per heavy atom. The summed E-state index contributed by atoms with van der Waals surface area (Å²) in [7, 11) is 9.91. The number of methoxy groups -OCH3 is 1. The number of allylic oxidation sites excluding steroid dienone is 2. The predicted octanol–water partition coefficient (Wildman–Crippen LogP) is 28.2. The van der Waals surface area contributed by atoms with Crippen LogP contribution in [0.2, 0.25) is 0 Å². The molecule has 0 spiro atoms. The van der Waals surface area contributed by atoms with E-state index in [-0.39, 0.29) is 11.8 Å². The minimum absolute atomic E-state index is 0.0159. The van der Waals surface area contributed by atoms with E-state index in [1.807, 2.05) is 98.8 Å². The van der Waals surface area contributed by atoms with Crippen molar-refractivity contribution in [3.63, 3.8) is 0 Å². The van der Waals surface area contributed by atoms with Crippen LogP contribution in [0.15, 0.2) is 206 Å². The highest BCUT2D eigenvalue weighted by atomic mass is 16.5. The van der Waals surface area contributed by atoms with Gasteiger partial charge in [-0.25, -0.2) is 0 Å². The standard InChI is InChI=1S/C26H37N.C25H35N.C19H21NO.C18H19NO.C16H26N2O.C15H24N2O/c1-18(2)23-6-7-24-11-19(4-5-25(24)12-23)16-27(3)17-26-13-20-8-21(14-26)10-22(9-20)15-26;1-17(2)22-5-6-23-10-18(3-4-24(23)11-22)15-26-16-25-12-19-7-20(13-25)9-21(8-19)14-25;1-14(2)17-7-6-16-10-11-20(19(16)12-17)13-15-4-8-18(21-3)9-5-15;1-13(2)16-6-5-15-9-10-19(18(15)11-16)12-14-3-7-17(20)8-4-14;1-13(2)7-5-6-12-17-16(19)14-8-10-15(11-9-14)18(3)4;1-12(2)6-4-5-11-17-15(18)13-7-9-14(16-3)10-8-13/h4-5,11-12,18,20-22H,6-10,13-17H2,1-3H3;3-4,10-11,17,19-21,26H,5-9,12-16H2,1-2H3;4-12,14H,13H2,1-3H3;3-11,13,20H,12H2,1-2H3;8-11,13H,5-7,12H2,1-4H3,(H,17,19);7-10,12,16H,4-6,11H2,1-3H3,(H,17,18). The van der Waals surface area contributed by atoms with Gasteiger partial charge in [0.2, 0.25) is 0 Å². The van der Waals surface area contributed by atoms with E-state index in [9.17, 15) is 14.7 Å². The third-order valence-electron chi connectivity index (χ3n) is 30.0. The van der Waals surface area contributed by atoms with Crippen LogP contribution >= 0.6 is 0 Å². The summed E-state index contributed by atoms with van der Waals surface area (Å²) in [5, 5.41) is 24.7. The number of nitrogens with zero attached hydrogens (tertiary/aromatic N) is 4. The van der Waals surface area contributed by atoms with Gasteiger partial charge in [-0.05, 0) is 368 Å². The number of hydrogen-bond donors (Lipinski definition) is 5. The van der Waals surface area contributed by atoms with Gasteiger partial charge in [-0.3, -0.25) is 9.59 Å². The summed E-state index contributed by atoms with van der Waals surface area (Å²) < 4.78 is 9.78. The molecule has 8 bridgehead atoms. The van der Waals surface area contributed by atoms with Gasteiger partial charge in [-0.2, -0.15) is 0 Å². The number of phenolic OH excluding ortho intramolecular Hbond substituents is 1. The van der Waals surface area contributed by atoms with Gasteiger partial charge >= 0.3 is 0 Å². The molecule has 0 saturated heterocycles. The van der Waals surface area contributed by atoms with Gasteiger partial charge in [0.15, 0.2) is 0 Å². The average Bonchev–Trinajstić information content (AvgIpc) is 1.63. The van der Waals surface area contributed by atoms with Crippen molar-refractivity contribution in [2.45, 2.75) is 262 Å². The summed E-state index contributed by atoms with van der Waals surface area (Å²) in [5.74, 6) is 11.6. The fourth-order valence-electron chi connectivity index (χ4n) is 23.4. The Kier molecular flexibility index (Phi) is 35.4. The Bertz CT molecular complexity index is 5270. The zero-order valence-corrected chi connectivity index (χ0v) is 83.2. The number of fused-ring (bicyclic) bond motifs is 4. The van der Waals surface area contributed by atoms with E-state index < -0.39 is 0 Å². The Morgan fingerprint density at radius 2 is 0.878 bits per heavy atom. The fraction of sp³-hybridized carbons (Fsp3) is 0.513. The van der Waals surface area contributed by atoms with Crippen LogP contribution in [-0.4, -0.2) is 92.4 Å². The molecule has 5 N–H and O–H groups in total. The number of carbonyl (C=O) groups is 2. The number of aromatic hydroxyl groups is 1. The third kappa shape index (κ3) is 28.2. The molecule has 10 aliphatic rings. The number of unbranched alkanes of at least 4 members (excludes halogenated alkanes) is 2. The average molecular weight is 1770 g/mol. The second-order valence-corrected chi connectivity index (χ2v) is 43.3. The van der Waals surface area contributed by atoms with Gasteiger partial charge in [-0.1, -0.05) is 217 Å².